The molecule has 0 amide bonds. The summed E-state index contributed by atoms with van der Waals surface area (Å²) in [6.07, 6.45) is 0.572. The molecule has 0 aromatic heterocycles. The van der Waals surface area contributed by atoms with Gasteiger partial charge in [0.05, 0.1) is 0 Å². The van der Waals surface area contributed by atoms with E-state index in [0.717, 1.165) is 5.57 Å². The summed E-state index contributed by atoms with van der Waals surface area (Å²) in [5.74, 6) is -0.259. The number of hydrogen-bond acceptors (Lipinski definition) is 0. The molecule has 0 spiro atoms. The Bertz CT molecular complexity index is 305. The minimum atomic E-state index is -0.259. The van der Waals surface area contributed by atoms with Crippen LogP contribution >= 0.6 is 11.6 Å². The molecule has 1 rings (SSSR count). The summed E-state index contributed by atoms with van der Waals surface area (Å²) >= 11 is 5.59. The first kappa shape index (κ1) is 9.27. The van der Waals surface area contributed by atoms with Crippen LogP contribution in [-0.4, -0.2) is 0 Å². The highest BCUT2D eigenvalue weighted by Gasteiger charge is 2.01. The van der Waals surface area contributed by atoms with Gasteiger partial charge in [0.15, 0.2) is 0 Å². The molecular formula is C10H10ClF. The SMILES string of the molecule is C=C(C)Cc1ccc(Cl)cc1F. The quantitative estimate of drug-likeness (QED) is 0.617. The van der Waals surface area contributed by atoms with Crippen molar-refractivity contribution in [3.63, 3.8) is 0 Å². The molecule has 1 aromatic rings. The van der Waals surface area contributed by atoms with Crippen LogP contribution in [0.4, 0.5) is 4.39 Å². The van der Waals surface area contributed by atoms with Crippen molar-refractivity contribution in [2.45, 2.75) is 13.3 Å². The largest absolute Gasteiger partial charge is 0.207 e. The molecule has 0 saturated carbocycles. The van der Waals surface area contributed by atoms with E-state index < -0.39 is 0 Å². The average Bonchev–Trinajstić information content (AvgIpc) is 1.94. The van der Waals surface area contributed by atoms with Gasteiger partial charge in [0.25, 0.3) is 0 Å². The Morgan fingerprint density at radius 2 is 2.25 bits per heavy atom. The molecule has 0 bridgehead atoms. The van der Waals surface area contributed by atoms with Crippen molar-refractivity contribution in [1.82, 2.24) is 0 Å². The molecule has 0 aliphatic rings. The topological polar surface area (TPSA) is 0 Å². The van der Waals surface area contributed by atoms with Gasteiger partial charge in [-0.15, -0.1) is 0 Å². The first-order valence-electron chi connectivity index (χ1n) is 3.68. The van der Waals surface area contributed by atoms with E-state index in [1.165, 1.54) is 6.07 Å². The van der Waals surface area contributed by atoms with Gasteiger partial charge in [-0.2, -0.15) is 0 Å². The third-order valence-corrected chi connectivity index (χ3v) is 1.74. The fourth-order valence-electron chi connectivity index (χ4n) is 0.990. The van der Waals surface area contributed by atoms with E-state index in [1.807, 2.05) is 6.92 Å². The maximum atomic E-state index is 13.1. The van der Waals surface area contributed by atoms with Crippen LogP contribution < -0.4 is 0 Å². The molecular weight excluding hydrogens is 175 g/mol. The zero-order valence-corrected chi connectivity index (χ0v) is 7.66. The van der Waals surface area contributed by atoms with Crippen LogP contribution in [0.15, 0.2) is 30.4 Å². The van der Waals surface area contributed by atoms with Gasteiger partial charge in [0, 0.05) is 5.02 Å². The van der Waals surface area contributed by atoms with Crippen molar-refractivity contribution < 1.29 is 4.39 Å². The highest BCUT2D eigenvalue weighted by molar-refractivity contribution is 6.30. The molecule has 0 saturated heterocycles. The highest BCUT2D eigenvalue weighted by atomic mass is 35.5. The van der Waals surface area contributed by atoms with E-state index in [2.05, 4.69) is 6.58 Å². The van der Waals surface area contributed by atoms with E-state index in [9.17, 15) is 4.39 Å². The fourth-order valence-corrected chi connectivity index (χ4v) is 1.15. The van der Waals surface area contributed by atoms with Crippen molar-refractivity contribution >= 4 is 11.6 Å². The van der Waals surface area contributed by atoms with Crippen LogP contribution in [0.1, 0.15) is 12.5 Å². The second-order valence-corrected chi connectivity index (χ2v) is 3.31. The molecule has 0 atom stereocenters. The monoisotopic (exact) mass is 184 g/mol. The summed E-state index contributed by atoms with van der Waals surface area (Å²) in [5, 5.41) is 0.429. The first-order valence-corrected chi connectivity index (χ1v) is 4.05. The lowest BCUT2D eigenvalue weighted by Gasteiger charge is -2.02. The summed E-state index contributed by atoms with van der Waals surface area (Å²) in [6, 6.07) is 4.69. The standard InChI is InChI=1S/C10H10ClF/c1-7(2)5-8-3-4-9(11)6-10(8)12/h3-4,6H,1,5H2,2H3. The van der Waals surface area contributed by atoms with E-state index in [1.54, 1.807) is 12.1 Å². The molecule has 2 heteroatoms. The van der Waals surface area contributed by atoms with Gasteiger partial charge < -0.3 is 0 Å². The zero-order valence-electron chi connectivity index (χ0n) is 6.90. The Labute approximate surface area is 76.7 Å². The fraction of sp³-hybridized carbons (Fsp3) is 0.200. The smallest absolute Gasteiger partial charge is 0.128 e. The lowest BCUT2D eigenvalue weighted by molar-refractivity contribution is 0.613. The lowest BCUT2D eigenvalue weighted by atomic mass is 10.1. The molecule has 1 aromatic carbocycles. The van der Waals surface area contributed by atoms with Gasteiger partial charge in [-0.1, -0.05) is 29.8 Å². The molecule has 0 aliphatic heterocycles. The van der Waals surface area contributed by atoms with Crippen LogP contribution in [0.5, 0.6) is 0 Å². The van der Waals surface area contributed by atoms with Crippen molar-refractivity contribution in [3.8, 4) is 0 Å². The Hall–Kier alpha value is -0.820. The summed E-state index contributed by atoms with van der Waals surface area (Å²) in [7, 11) is 0. The Balaban J connectivity index is 2.93. The number of halogens is 2. The molecule has 12 heavy (non-hydrogen) atoms. The lowest BCUT2D eigenvalue weighted by Crippen LogP contribution is -1.90. The number of benzene rings is 1. The summed E-state index contributed by atoms with van der Waals surface area (Å²) in [6.45, 7) is 5.58. The summed E-state index contributed by atoms with van der Waals surface area (Å²) in [5.41, 5.74) is 1.59. The van der Waals surface area contributed by atoms with Crippen molar-refractivity contribution in [1.29, 1.82) is 0 Å². The predicted molar refractivity (Wildman–Crippen MR) is 49.9 cm³/mol. The van der Waals surface area contributed by atoms with Crippen molar-refractivity contribution in [2.24, 2.45) is 0 Å². The van der Waals surface area contributed by atoms with E-state index in [0.29, 0.717) is 17.0 Å². The van der Waals surface area contributed by atoms with Crippen LogP contribution in [0, 0.1) is 5.82 Å². The predicted octanol–water partition coefficient (Wildman–Crippen LogP) is 3.60. The molecule has 64 valence electrons. The van der Waals surface area contributed by atoms with Gasteiger partial charge in [-0.05, 0) is 31.0 Å². The third-order valence-electron chi connectivity index (χ3n) is 1.51. The second-order valence-electron chi connectivity index (χ2n) is 2.87. The molecule has 0 N–H and O–H groups in total. The van der Waals surface area contributed by atoms with Gasteiger partial charge in [-0.25, -0.2) is 4.39 Å². The van der Waals surface area contributed by atoms with Gasteiger partial charge in [-0.3, -0.25) is 0 Å². The van der Waals surface area contributed by atoms with E-state index >= 15 is 0 Å². The normalized spacial score (nSPS) is 9.92. The minimum Gasteiger partial charge on any atom is -0.207 e. The molecule has 0 unspecified atom stereocenters. The molecule has 0 fully saturated rings. The van der Waals surface area contributed by atoms with Crippen LogP contribution in [0.2, 0.25) is 5.02 Å². The van der Waals surface area contributed by atoms with Crippen molar-refractivity contribution in [2.75, 3.05) is 0 Å². The van der Waals surface area contributed by atoms with Crippen LogP contribution in [-0.2, 0) is 6.42 Å². The zero-order chi connectivity index (χ0) is 9.14. The van der Waals surface area contributed by atoms with Gasteiger partial charge >= 0.3 is 0 Å². The Kier molecular flexibility index (Phi) is 2.88. The molecule has 0 aliphatic carbocycles. The molecule has 0 nitrogen and oxygen atoms in total. The number of allylic oxidation sites excluding steroid dienone is 1. The highest BCUT2D eigenvalue weighted by Crippen LogP contribution is 2.16. The molecule has 0 heterocycles. The van der Waals surface area contributed by atoms with Gasteiger partial charge in [0.2, 0.25) is 0 Å². The van der Waals surface area contributed by atoms with E-state index in [-0.39, 0.29) is 5.82 Å². The van der Waals surface area contributed by atoms with E-state index in [4.69, 9.17) is 11.6 Å². The maximum Gasteiger partial charge on any atom is 0.128 e. The number of hydrogen-bond donors (Lipinski definition) is 0. The van der Waals surface area contributed by atoms with Crippen LogP contribution in [0.25, 0.3) is 0 Å². The third kappa shape index (κ3) is 2.35. The van der Waals surface area contributed by atoms with Gasteiger partial charge in [0.1, 0.15) is 5.82 Å². The van der Waals surface area contributed by atoms with Crippen molar-refractivity contribution in [3.05, 3.63) is 46.8 Å². The Morgan fingerprint density at radius 3 is 2.75 bits per heavy atom. The maximum absolute atomic E-state index is 13.1. The van der Waals surface area contributed by atoms with Crippen LogP contribution in [0.3, 0.4) is 0 Å². The summed E-state index contributed by atoms with van der Waals surface area (Å²) < 4.78 is 13.1. The number of rotatable bonds is 2. The first-order chi connectivity index (χ1) is 5.59. The summed E-state index contributed by atoms with van der Waals surface area (Å²) in [4.78, 5) is 0. The minimum absolute atomic E-state index is 0.259. The average molecular weight is 185 g/mol. The second kappa shape index (κ2) is 3.72. The molecule has 0 radical (unpaired) electrons. The Morgan fingerprint density at radius 1 is 1.58 bits per heavy atom.